The molecule has 172 valence electrons. The molecular weight excluding hydrogens is 392 g/mol. The van der Waals surface area contributed by atoms with Crippen molar-refractivity contribution in [3.8, 4) is 5.75 Å². The van der Waals surface area contributed by atoms with Gasteiger partial charge in [-0.2, -0.15) is 0 Å². The van der Waals surface area contributed by atoms with Gasteiger partial charge in [0.15, 0.2) is 12.6 Å². The summed E-state index contributed by atoms with van der Waals surface area (Å²) >= 11 is 0. The molecule has 0 saturated heterocycles. The monoisotopic (exact) mass is 430 g/mol. The van der Waals surface area contributed by atoms with E-state index >= 15 is 0 Å². The molecule has 1 aromatic rings. The lowest BCUT2D eigenvalue weighted by atomic mass is 9.60. The van der Waals surface area contributed by atoms with Gasteiger partial charge in [-0.25, -0.2) is 4.99 Å². The number of aliphatic imine (C=N–C) groups is 1. The Morgan fingerprint density at radius 2 is 1.94 bits per heavy atom. The molecule has 0 aliphatic heterocycles. The number of hydrogen-bond acceptors (Lipinski definition) is 4. The number of guanidine groups is 1. The normalized spacial score (nSPS) is 22.1. The summed E-state index contributed by atoms with van der Waals surface area (Å²) in [7, 11) is 0. The maximum Gasteiger partial charge on any atom is 0.257 e. The van der Waals surface area contributed by atoms with Crippen LogP contribution in [0.2, 0.25) is 0 Å². The van der Waals surface area contributed by atoms with Crippen LogP contribution in [-0.2, 0) is 16.1 Å². The van der Waals surface area contributed by atoms with Gasteiger partial charge < -0.3 is 25.4 Å². The summed E-state index contributed by atoms with van der Waals surface area (Å²) in [5, 5.41) is 9.81. The van der Waals surface area contributed by atoms with Crippen molar-refractivity contribution in [2.24, 2.45) is 10.4 Å². The lowest BCUT2D eigenvalue weighted by Crippen LogP contribution is -2.65. The third-order valence-corrected chi connectivity index (χ3v) is 6.40. The van der Waals surface area contributed by atoms with Crippen LogP contribution in [0.4, 0.5) is 0 Å². The molecule has 1 amide bonds. The second-order valence-electron chi connectivity index (χ2n) is 8.40. The number of rotatable bonds is 10. The predicted molar refractivity (Wildman–Crippen MR) is 123 cm³/mol. The molecule has 2 saturated carbocycles. The van der Waals surface area contributed by atoms with Crippen molar-refractivity contribution in [3.05, 3.63) is 29.8 Å². The zero-order valence-corrected chi connectivity index (χ0v) is 19.2. The molecule has 31 heavy (non-hydrogen) atoms. The van der Waals surface area contributed by atoms with Gasteiger partial charge in [0.05, 0.1) is 12.6 Å². The summed E-state index contributed by atoms with van der Waals surface area (Å²) in [6.45, 7) is 8.83. The van der Waals surface area contributed by atoms with Crippen LogP contribution in [0.3, 0.4) is 0 Å². The predicted octanol–water partition coefficient (Wildman–Crippen LogP) is 2.99. The van der Waals surface area contributed by atoms with Gasteiger partial charge in [-0.05, 0) is 57.7 Å². The first-order chi connectivity index (χ1) is 15.1. The minimum absolute atomic E-state index is 0.0233. The standard InChI is InChI=1S/C24H38N4O3/c1-4-25-22(29)17-31-19-11-9-10-18(14-19)16-27-23(26-5-2)28-20-15-21(30-6-3)24(20)12-7-8-13-24/h9-11,14,20-21H,4-8,12-13,15-17H2,1-3H3,(H,25,29)(H2,26,27,28). The Hall–Kier alpha value is -2.28. The summed E-state index contributed by atoms with van der Waals surface area (Å²) < 4.78 is 11.6. The Morgan fingerprint density at radius 1 is 1.16 bits per heavy atom. The van der Waals surface area contributed by atoms with E-state index in [9.17, 15) is 4.79 Å². The Morgan fingerprint density at radius 3 is 2.65 bits per heavy atom. The first kappa shape index (κ1) is 23.4. The second kappa shape index (κ2) is 11.4. The molecule has 7 nitrogen and oxygen atoms in total. The molecule has 2 fully saturated rings. The number of likely N-dealkylation sites (N-methyl/N-ethyl adjacent to an activating group) is 1. The quantitative estimate of drug-likeness (QED) is 0.393. The molecule has 1 spiro atoms. The van der Waals surface area contributed by atoms with Gasteiger partial charge in [0.25, 0.3) is 5.91 Å². The minimum Gasteiger partial charge on any atom is -0.484 e. The summed E-state index contributed by atoms with van der Waals surface area (Å²) in [5.74, 6) is 1.42. The molecule has 0 radical (unpaired) electrons. The Balaban J connectivity index is 1.60. The van der Waals surface area contributed by atoms with E-state index in [0.717, 1.165) is 31.1 Å². The number of ether oxygens (including phenoxy) is 2. The summed E-state index contributed by atoms with van der Waals surface area (Å²) in [6.07, 6.45) is 6.47. The molecule has 7 heteroatoms. The number of carbonyl (C=O) groups is 1. The number of nitrogens with one attached hydrogen (secondary N) is 3. The fourth-order valence-electron chi connectivity index (χ4n) is 4.88. The highest BCUT2D eigenvalue weighted by Gasteiger charge is 2.56. The molecule has 2 aliphatic rings. The van der Waals surface area contributed by atoms with E-state index in [1.54, 1.807) is 0 Å². The van der Waals surface area contributed by atoms with Crippen molar-refractivity contribution in [2.75, 3.05) is 26.3 Å². The first-order valence-corrected chi connectivity index (χ1v) is 11.8. The lowest BCUT2D eigenvalue weighted by molar-refractivity contribution is -0.125. The summed E-state index contributed by atoms with van der Waals surface area (Å²) in [6, 6.07) is 8.18. The van der Waals surface area contributed by atoms with Crippen molar-refractivity contribution in [3.63, 3.8) is 0 Å². The number of carbonyl (C=O) groups excluding carboxylic acids is 1. The molecule has 3 rings (SSSR count). The highest BCUT2D eigenvalue weighted by Crippen LogP contribution is 2.54. The largest absolute Gasteiger partial charge is 0.484 e. The Bertz CT molecular complexity index is 746. The summed E-state index contributed by atoms with van der Waals surface area (Å²) in [5.41, 5.74) is 1.31. The number of nitrogens with zero attached hydrogens (tertiary/aromatic N) is 1. The highest BCUT2D eigenvalue weighted by atomic mass is 16.5. The maximum absolute atomic E-state index is 11.6. The van der Waals surface area contributed by atoms with Crippen molar-refractivity contribution < 1.29 is 14.3 Å². The molecule has 1 aromatic carbocycles. The fourth-order valence-corrected chi connectivity index (χ4v) is 4.88. The van der Waals surface area contributed by atoms with Gasteiger partial charge in [-0.1, -0.05) is 25.0 Å². The van der Waals surface area contributed by atoms with Gasteiger partial charge in [-0.3, -0.25) is 4.79 Å². The van der Waals surface area contributed by atoms with E-state index in [0.29, 0.717) is 31.0 Å². The minimum atomic E-state index is -0.115. The average molecular weight is 431 g/mol. The van der Waals surface area contributed by atoms with Crippen LogP contribution in [0.25, 0.3) is 0 Å². The van der Waals surface area contributed by atoms with E-state index in [1.165, 1.54) is 25.7 Å². The topological polar surface area (TPSA) is 84.0 Å². The molecule has 0 aromatic heterocycles. The van der Waals surface area contributed by atoms with Gasteiger partial charge in [0, 0.05) is 31.2 Å². The van der Waals surface area contributed by atoms with Crippen LogP contribution >= 0.6 is 0 Å². The van der Waals surface area contributed by atoms with Crippen LogP contribution < -0.4 is 20.7 Å². The Kier molecular flexibility index (Phi) is 8.58. The van der Waals surface area contributed by atoms with E-state index in [4.69, 9.17) is 14.5 Å². The summed E-state index contributed by atoms with van der Waals surface area (Å²) in [4.78, 5) is 16.4. The van der Waals surface area contributed by atoms with Crippen molar-refractivity contribution in [1.82, 2.24) is 16.0 Å². The van der Waals surface area contributed by atoms with Crippen LogP contribution in [-0.4, -0.2) is 50.3 Å². The zero-order valence-electron chi connectivity index (χ0n) is 19.2. The molecule has 2 aliphatic carbocycles. The van der Waals surface area contributed by atoms with Crippen LogP contribution in [0.1, 0.15) is 58.4 Å². The van der Waals surface area contributed by atoms with Gasteiger partial charge >= 0.3 is 0 Å². The van der Waals surface area contributed by atoms with E-state index in [-0.39, 0.29) is 17.9 Å². The van der Waals surface area contributed by atoms with Gasteiger partial charge in [-0.15, -0.1) is 0 Å². The Labute approximate surface area is 186 Å². The van der Waals surface area contributed by atoms with Gasteiger partial charge in [0.1, 0.15) is 5.75 Å². The number of benzene rings is 1. The van der Waals surface area contributed by atoms with E-state index < -0.39 is 0 Å². The number of amides is 1. The molecule has 3 N–H and O–H groups in total. The smallest absolute Gasteiger partial charge is 0.257 e. The van der Waals surface area contributed by atoms with Crippen molar-refractivity contribution in [2.45, 2.75) is 71.6 Å². The molecule has 0 heterocycles. The van der Waals surface area contributed by atoms with E-state index in [2.05, 4.69) is 29.8 Å². The van der Waals surface area contributed by atoms with E-state index in [1.807, 2.05) is 31.2 Å². The zero-order chi connectivity index (χ0) is 22.1. The van der Waals surface area contributed by atoms with Crippen molar-refractivity contribution >= 4 is 11.9 Å². The molecular formula is C24H38N4O3. The first-order valence-electron chi connectivity index (χ1n) is 11.8. The molecule has 0 bridgehead atoms. The van der Waals surface area contributed by atoms with Crippen LogP contribution in [0.5, 0.6) is 5.75 Å². The molecule has 2 atom stereocenters. The highest BCUT2D eigenvalue weighted by molar-refractivity contribution is 5.80. The van der Waals surface area contributed by atoms with Crippen LogP contribution in [0.15, 0.2) is 29.3 Å². The van der Waals surface area contributed by atoms with Crippen molar-refractivity contribution in [1.29, 1.82) is 0 Å². The SMILES string of the molecule is CCNC(=O)COc1cccc(CN=C(NCC)NC2CC(OCC)C23CCCC3)c1. The molecule has 2 unspecified atom stereocenters. The maximum atomic E-state index is 11.6. The lowest BCUT2D eigenvalue weighted by Gasteiger charge is -2.54. The average Bonchev–Trinajstić information content (AvgIpc) is 3.29. The third-order valence-electron chi connectivity index (χ3n) is 6.40. The van der Waals surface area contributed by atoms with Crippen LogP contribution in [0, 0.1) is 5.41 Å². The number of hydrogen-bond donors (Lipinski definition) is 3. The fraction of sp³-hybridized carbons (Fsp3) is 0.667. The second-order valence-corrected chi connectivity index (χ2v) is 8.40. The van der Waals surface area contributed by atoms with Gasteiger partial charge in [0.2, 0.25) is 0 Å². The third kappa shape index (κ3) is 5.91.